The van der Waals surface area contributed by atoms with Crippen molar-refractivity contribution < 1.29 is 18.9 Å². The molecule has 14 heterocycles. The molecular weight excluding hydrogens is 1530 g/mol. The van der Waals surface area contributed by atoms with Crippen molar-refractivity contribution in [2.75, 3.05) is 143 Å². The van der Waals surface area contributed by atoms with Crippen LogP contribution in [-0.4, -0.2) is 276 Å². The Morgan fingerprint density at radius 1 is 0.254 bits per heavy atom. The van der Waals surface area contributed by atoms with Crippen LogP contribution in [0.2, 0.25) is 0 Å². The zero-order valence-corrected chi connectivity index (χ0v) is 74.6. The van der Waals surface area contributed by atoms with Crippen molar-refractivity contribution in [2.24, 2.45) is 0 Å². The number of anilines is 5. The second-order valence-corrected chi connectivity index (χ2v) is 37.9. The van der Waals surface area contributed by atoms with E-state index in [9.17, 15) is 0 Å². The minimum absolute atomic E-state index is 0.176. The second kappa shape index (κ2) is 41.7. The van der Waals surface area contributed by atoms with E-state index in [1.165, 1.54) is 199 Å². The molecule has 0 bridgehead atoms. The number of H-pyrrole nitrogens is 5. The summed E-state index contributed by atoms with van der Waals surface area (Å²) >= 11 is 0. The molecule has 10 aromatic rings. The van der Waals surface area contributed by atoms with Gasteiger partial charge in [0.2, 0.25) is 0 Å². The van der Waals surface area contributed by atoms with Crippen LogP contribution in [0, 0.1) is 0 Å². The number of hydrogen-bond acceptors (Lipinski definition) is 24. The molecule has 3 unspecified atom stereocenters. The molecule has 29 nitrogen and oxygen atoms in total. The van der Waals surface area contributed by atoms with Crippen LogP contribution in [0.3, 0.4) is 0 Å². The lowest BCUT2D eigenvalue weighted by Gasteiger charge is -2.33. The van der Waals surface area contributed by atoms with Gasteiger partial charge in [0.05, 0.1) is 46.2 Å². The van der Waals surface area contributed by atoms with Gasteiger partial charge in [-0.05, 0) is 291 Å². The van der Waals surface area contributed by atoms with Gasteiger partial charge in [0.25, 0.3) is 0 Å². The third-order valence-corrected chi connectivity index (χ3v) is 29.0. The summed E-state index contributed by atoms with van der Waals surface area (Å²) in [6.45, 7) is 5.88. The maximum absolute atomic E-state index is 5.88. The largest absolute Gasteiger partial charge is 0.381 e. The highest BCUT2D eigenvalue weighted by Crippen LogP contribution is 2.44. The minimum atomic E-state index is 0.176. The first-order valence-corrected chi connectivity index (χ1v) is 46.7. The molecule has 0 aromatic carbocycles. The molecule has 29 heteroatoms. The Kier molecular flexibility index (Phi) is 29.8. The van der Waals surface area contributed by atoms with Crippen LogP contribution >= 0.6 is 0 Å². The van der Waals surface area contributed by atoms with Gasteiger partial charge in [-0.25, -0.2) is 49.8 Å². The molecule has 10 N–H and O–H groups in total. The molecule has 0 spiro atoms. The lowest BCUT2D eigenvalue weighted by molar-refractivity contribution is 0.0808. The summed E-state index contributed by atoms with van der Waals surface area (Å²) in [5.41, 5.74) is 11.3. The molecule has 662 valence electrons. The maximum Gasteiger partial charge on any atom is 0.143 e. The fourth-order valence-corrected chi connectivity index (χ4v) is 21.5. The maximum atomic E-state index is 5.88. The van der Waals surface area contributed by atoms with Crippen LogP contribution in [0.1, 0.15) is 257 Å². The zero-order chi connectivity index (χ0) is 84.0. The predicted molar refractivity (Wildman–Crippen MR) is 489 cm³/mol. The molecule has 0 radical (unpaired) electrons. The lowest BCUT2D eigenvalue weighted by Crippen LogP contribution is -2.36. The minimum Gasteiger partial charge on any atom is -0.381 e. The van der Waals surface area contributed by atoms with Crippen molar-refractivity contribution in [1.29, 1.82) is 0 Å². The van der Waals surface area contributed by atoms with E-state index in [2.05, 4.69) is 221 Å². The average molecular weight is 1670 g/mol. The van der Waals surface area contributed by atoms with Gasteiger partial charge in [0.15, 0.2) is 0 Å². The Labute approximate surface area is 721 Å². The fraction of sp³-hybridized carbons (Fsp3) is 0.677. The van der Waals surface area contributed by atoms with Gasteiger partial charge in [0.1, 0.15) is 89.0 Å². The van der Waals surface area contributed by atoms with E-state index in [-0.39, 0.29) is 6.10 Å². The molecule has 20 rings (SSSR count). The zero-order valence-electron chi connectivity index (χ0n) is 74.6. The van der Waals surface area contributed by atoms with Crippen molar-refractivity contribution in [1.82, 2.24) is 99.3 Å². The van der Waals surface area contributed by atoms with E-state index < -0.39 is 0 Å². The summed E-state index contributed by atoms with van der Waals surface area (Å²) in [4.78, 5) is 73.5. The van der Waals surface area contributed by atoms with Gasteiger partial charge >= 0.3 is 0 Å². The fourth-order valence-electron chi connectivity index (χ4n) is 21.5. The monoisotopic (exact) mass is 1670 g/mol. The number of fused-ring (bicyclic) bond motifs is 5. The topological polar surface area (TPSA) is 321 Å². The summed E-state index contributed by atoms with van der Waals surface area (Å²) in [6.07, 6.45) is 56.6. The molecule has 10 aromatic heterocycles. The van der Waals surface area contributed by atoms with Crippen LogP contribution < -0.4 is 26.6 Å². The number of ether oxygens (including phenoxy) is 4. The first-order chi connectivity index (χ1) is 59.6. The molecule has 10 fully saturated rings. The molecule has 6 saturated carbocycles. The van der Waals surface area contributed by atoms with E-state index >= 15 is 0 Å². The summed E-state index contributed by atoms with van der Waals surface area (Å²) in [5.74, 6) is 7.08. The Balaban J connectivity index is 0.000000113. The molecule has 0 amide bonds. The number of hydrogen-bond donors (Lipinski definition) is 10. The highest BCUT2D eigenvalue weighted by Gasteiger charge is 2.34. The van der Waals surface area contributed by atoms with Gasteiger partial charge in [-0.3, -0.25) is 0 Å². The summed E-state index contributed by atoms with van der Waals surface area (Å²) in [6, 6.07) is 6.12. The number of nitrogens with one attached hydrogen (secondary N) is 10. The van der Waals surface area contributed by atoms with Crippen LogP contribution in [0.15, 0.2) is 62.6 Å². The third kappa shape index (κ3) is 21.3. The average Bonchev–Trinajstić information content (AvgIpc) is 1.66. The smallest absolute Gasteiger partial charge is 0.143 e. The lowest BCUT2D eigenvalue weighted by atomic mass is 9.90. The number of nitrogens with zero attached hydrogens (tertiary/aromatic N) is 15. The van der Waals surface area contributed by atoms with Gasteiger partial charge in [-0.2, -0.15) is 0 Å². The molecule has 3 atom stereocenters. The van der Waals surface area contributed by atoms with E-state index in [1.807, 2.05) is 6.20 Å². The quantitative estimate of drug-likeness (QED) is 0.0339. The molecule has 4 aliphatic heterocycles. The Morgan fingerprint density at radius 2 is 0.508 bits per heavy atom. The second-order valence-electron chi connectivity index (χ2n) is 37.9. The van der Waals surface area contributed by atoms with Crippen LogP contribution in [-0.2, 0) is 18.9 Å². The van der Waals surface area contributed by atoms with E-state index in [4.69, 9.17) is 18.9 Å². The highest BCUT2D eigenvalue weighted by molar-refractivity contribution is 5.94. The summed E-state index contributed by atoms with van der Waals surface area (Å²) < 4.78 is 22.7. The predicted octanol–water partition coefficient (Wildman–Crippen LogP) is 16.0. The molecule has 6 aliphatic carbocycles. The van der Waals surface area contributed by atoms with Crippen LogP contribution in [0.5, 0.6) is 0 Å². The number of aromatic nitrogens is 15. The molecule has 4 saturated heterocycles. The Bertz CT molecular complexity index is 4440. The Hall–Kier alpha value is -8.26. The molecule has 122 heavy (non-hydrogen) atoms. The van der Waals surface area contributed by atoms with Crippen molar-refractivity contribution in [3.8, 4) is 0 Å². The molecule has 10 aliphatic rings. The van der Waals surface area contributed by atoms with Crippen molar-refractivity contribution in [3.05, 3.63) is 90.4 Å². The van der Waals surface area contributed by atoms with E-state index in [0.717, 1.165) is 164 Å². The first kappa shape index (κ1) is 87.2. The Morgan fingerprint density at radius 3 is 0.795 bits per heavy atom. The van der Waals surface area contributed by atoms with Gasteiger partial charge in [0, 0.05) is 142 Å². The number of aromatic amines is 5. The highest BCUT2D eigenvalue weighted by atomic mass is 16.5. The van der Waals surface area contributed by atoms with Gasteiger partial charge in [-0.15, -0.1) is 0 Å². The van der Waals surface area contributed by atoms with Crippen molar-refractivity contribution in [3.63, 3.8) is 0 Å². The summed E-state index contributed by atoms with van der Waals surface area (Å²) in [5, 5.41) is 24.4. The molecular formula is C93H141N25O4. The normalized spacial score (nSPS) is 26.9. The standard InChI is InChI=1S/2C19H29N5O.C19H29N5.2C18H27N5O/c1-24(2)15-5-3-14(4-6-15)23-19-17-16(13-7-9-25-10-8-13)11-20-18(17)21-12-22-19;1-24(2)15-7-5-14(6-8-15)23-19-17-16(13-4-3-9-25-11-13)10-20-18(17)21-12-22-19;1-24(2)15-9-7-14(8-10-15)23-19-17-16(13-5-3-4-6-13)11-20-18(17)21-12-22-19;1-23(2)14-5-3-13(4-6-14)22-18-16-15(12-7-8-24-10-12)9-19-17(16)20-11-21-18;1-23(2)13-7-5-12(6-8-13)22-18-16-14(15-4-3-9-24-15)10-19-17(16)20-11-21-18/h11-15H,3-10H2,1-2H3,(H2,20,21,22,23);10,12-15H,3-9,11H2,1-2H3,(H2,20,21,22,23);11-15H,3-10H2,1-2H3,(H2,20,21,22,23);9,11-14H,3-8,10H2,1-2H3,(H2,19,20,21,22);10-13,15H,3-9H2,1-2H3,(H2,19,20,21,22). The summed E-state index contributed by atoms with van der Waals surface area (Å²) in [7, 11) is 21.9. The number of rotatable bonds is 20. The van der Waals surface area contributed by atoms with Crippen LogP contribution in [0.4, 0.5) is 29.1 Å². The van der Waals surface area contributed by atoms with E-state index in [1.54, 1.807) is 31.6 Å². The first-order valence-electron chi connectivity index (χ1n) is 46.7. The van der Waals surface area contributed by atoms with Gasteiger partial charge in [-0.1, -0.05) is 12.8 Å². The van der Waals surface area contributed by atoms with Crippen LogP contribution in [0.25, 0.3) is 55.2 Å². The van der Waals surface area contributed by atoms with E-state index in [0.29, 0.717) is 78.0 Å². The SMILES string of the molecule is CN(C)C1CCC(Nc2ncnc3[nH]cc(C4CCCC4)c23)CC1.CN(C)C1CCC(Nc2ncnc3[nH]cc(C4CCCO4)c23)CC1.CN(C)C1CCC(Nc2ncnc3[nH]cc(C4CCCOC4)c23)CC1.CN(C)C1CCC(Nc2ncnc3[nH]cc(C4CCOC4)c23)CC1.CN(C)C1CCC(Nc2ncnc3[nH]cc(C4CCOCC4)c23)CC1. The van der Waals surface area contributed by atoms with Gasteiger partial charge < -0.3 is 95.0 Å². The van der Waals surface area contributed by atoms with Crippen molar-refractivity contribution in [2.45, 2.75) is 289 Å². The van der Waals surface area contributed by atoms with Crippen molar-refractivity contribution >= 4 is 84.3 Å². The third-order valence-electron chi connectivity index (χ3n) is 29.0.